The van der Waals surface area contributed by atoms with Crippen LogP contribution in [0, 0.1) is 0 Å². The van der Waals surface area contributed by atoms with E-state index in [9.17, 15) is 0 Å². The zero-order valence-corrected chi connectivity index (χ0v) is 5.01. The molecule has 1 aliphatic heterocycles. The van der Waals surface area contributed by atoms with Gasteiger partial charge in [0.1, 0.15) is 0 Å². The van der Waals surface area contributed by atoms with Crippen LogP contribution in [0.5, 0.6) is 0 Å². The second-order valence-electron chi connectivity index (χ2n) is 2.16. The van der Waals surface area contributed by atoms with Gasteiger partial charge in [-0.15, -0.1) is 0 Å². The molecule has 1 fully saturated rings. The number of rotatable bonds is 1. The number of hydrogen-bond donors (Lipinski definition) is 0. The summed E-state index contributed by atoms with van der Waals surface area (Å²) in [7, 11) is 0. The molecule has 1 heterocycles. The Bertz CT molecular complexity index is 72.5. The molecule has 0 bridgehead atoms. The Kier molecular flexibility index (Phi) is 1.05. The van der Waals surface area contributed by atoms with E-state index in [1.807, 2.05) is 12.0 Å². The first-order valence-corrected chi connectivity index (χ1v) is 2.67. The Morgan fingerprint density at radius 3 is 2.00 bits per heavy atom. The van der Waals surface area contributed by atoms with Gasteiger partial charge < -0.3 is 0 Å². The van der Waals surface area contributed by atoms with E-state index >= 15 is 0 Å². The lowest BCUT2D eigenvalue weighted by molar-refractivity contribution is 0.164. The predicted octanol–water partition coefficient (Wildman–Crippen LogP) is 0.988. The number of hydroxylamine groups is 2. The fourth-order valence-electron chi connectivity index (χ4n) is 0.691. The maximum atomic E-state index is 5.01. The second-order valence-corrected chi connectivity index (χ2v) is 2.16. The highest BCUT2D eigenvalue weighted by Crippen LogP contribution is 2.21. The van der Waals surface area contributed by atoms with Gasteiger partial charge in [0.2, 0.25) is 0 Å². The van der Waals surface area contributed by atoms with Crippen molar-refractivity contribution in [3.8, 4) is 0 Å². The maximum absolute atomic E-state index is 5.01. The molecule has 2 atom stereocenters. The summed E-state index contributed by atoms with van der Waals surface area (Å²) in [6, 6.07) is 0.551. The first kappa shape index (κ1) is 5.06. The summed E-state index contributed by atoms with van der Waals surface area (Å²) in [6.07, 6.45) is 0.375. The third-order valence-corrected chi connectivity index (χ3v) is 1.10. The number of hydrogen-bond acceptors (Lipinski definition) is 2. The Balaban J connectivity index is 2.20. The molecular formula is C5H11NO. The summed E-state index contributed by atoms with van der Waals surface area (Å²) in [4.78, 5) is 5.01. The van der Waals surface area contributed by atoms with E-state index in [4.69, 9.17) is 4.84 Å². The van der Waals surface area contributed by atoms with Gasteiger partial charge in [0.05, 0.1) is 0 Å². The van der Waals surface area contributed by atoms with E-state index in [2.05, 4.69) is 13.8 Å². The maximum Gasteiger partial charge on any atom is 0.152 e. The molecule has 7 heavy (non-hydrogen) atoms. The first-order chi connectivity index (χ1) is 3.22. The molecule has 0 aromatic rings. The lowest BCUT2D eigenvalue weighted by Gasteiger charge is -1.96. The fraction of sp³-hybridized carbons (Fsp3) is 1.00. The lowest BCUT2D eigenvalue weighted by atomic mass is 10.4. The van der Waals surface area contributed by atoms with Gasteiger partial charge >= 0.3 is 0 Å². The van der Waals surface area contributed by atoms with Gasteiger partial charge in [-0.2, -0.15) is 5.06 Å². The van der Waals surface area contributed by atoms with E-state index in [-0.39, 0.29) is 0 Å². The molecule has 1 rings (SSSR count). The van der Waals surface area contributed by atoms with Gasteiger partial charge in [-0.05, 0) is 20.8 Å². The highest BCUT2D eigenvalue weighted by Gasteiger charge is 2.33. The molecule has 2 nitrogen and oxygen atoms in total. The molecule has 1 saturated heterocycles. The molecule has 0 aromatic heterocycles. The Morgan fingerprint density at radius 1 is 1.57 bits per heavy atom. The molecule has 1 aliphatic rings. The Morgan fingerprint density at radius 2 is 2.00 bits per heavy atom. The monoisotopic (exact) mass is 101 g/mol. The molecule has 0 aromatic carbocycles. The fourth-order valence-corrected chi connectivity index (χ4v) is 0.691. The van der Waals surface area contributed by atoms with Gasteiger partial charge in [0.15, 0.2) is 6.23 Å². The van der Waals surface area contributed by atoms with E-state index in [1.54, 1.807) is 0 Å². The van der Waals surface area contributed by atoms with Crippen LogP contribution in [0.2, 0.25) is 0 Å². The van der Waals surface area contributed by atoms with Crippen molar-refractivity contribution in [1.29, 1.82) is 0 Å². The summed E-state index contributed by atoms with van der Waals surface area (Å²) in [5, 5.41) is 1.96. The number of nitrogens with zero attached hydrogens (tertiary/aromatic N) is 1. The third-order valence-electron chi connectivity index (χ3n) is 1.10. The van der Waals surface area contributed by atoms with Gasteiger partial charge in [0, 0.05) is 6.04 Å². The normalized spacial score (nSPS) is 39.4. The molecule has 2 heteroatoms. The first-order valence-electron chi connectivity index (χ1n) is 2.67. The largest absolute Gasteiger partial charge is 0.275 e. The minimum Gasteiger partial charge on any atom is -0.275 e. The van der Waals surface area contributed by atoms with Crippen LogP contribution in [0.15, 0.2) is 0 Å². The molecule has 42 valence electrons. The Hall–Kier alpha value is -0.0800. The molecular weight excluding hydrogens is 90.1 g/mol. The summed E-state index contributed by atoms with van der Waals surface area (Å²) < 4.78 is 0. The second kappa shape index (κ2) is 1.46. The van der Waals surface area contributed by atoms with Crippen LogP contribution in [-0.4, -0.2) is 17.3 Å². The quantitative estimate of drug-likeness (QED) is 0.458. The van der Waals surface area contributed by atoms with E-state index < -0.39 is 0 Å². The van der Waals surface area contributed by atoms with Crippen molar-refractivity contribution in [2.24, 2.45) is 0 Å². The topological polar surface area (TPSA) is 15.5 Å². The zero-order valence-electron chi connectivity index (χ0n) is 5.01. The van der Waals surface area contributed by atoms with Crippen molar-refractivity contribution in [1.82, 2.24) is 5.06 Å². The van der Waals surface area contributed by atoms with E-state index in [0.29, 0.717) is 12.3 Å². The van der Waals surface area contributed by atoms with Crippen molar-refractivity contribution >= 4 is 0 Å². The van der Waals surface area contributed by atoms with Crippen molar-refractivity contribution in [3.63, 3.8) is 0 Å². The van der Waals surface area contributed by atoms with Crippen molar-refractivity contribution in [2.45, 2.75) is 33.0 Å². The molecule has 2 unspecified atom stereocenters. The van der Waals surface area contributed by atoms with Gasteiger partial charge in [-0.1, -0.05) is 0 Å². The van der Waals surface area contributed by atoms with Crippen LogP contribution in [0.1, 0.15) is 20.8 Å². The van der Waals surface area contributed by atoms with Crippen LogP contribution in [0.3, 0.4) is 0 Å². The molecule has 0 N–H and O–H groups in total. The summed E-state index contributed by atoms with van der Waals surface area (Å²) in [5.41, 5.74) is 0. The van der Waals surface area contributed by atoms with Crippen LogP contribution in [0.25, 0.3) is 0 Å². The highest BCUT2D eigenvalue weighted by molar-refractivity contribution is 4.63. The summed E-state index contributed by atoms with van der Waals surface area (Å²) in [6.45, 7) is 6.27. The smallest absolute Gasteiger partial charge is 0.152 e. The molecule has 0 aliphatic carbocycles. The summed E-state index contributed by atoms with van der Waals surface area (Å²) in [5.74, 6) is 0. The van der Waals surface area contributed by atoms with Gasteiger partial charge in [0.25, 0.3) is 0 Å². The molecule has 0 amide bonds. The molecule has 0 saturated carbocycles. The average molecular weight is 101 g/mol. The third kappa shape index (κ3) is 0.924. The van der Waals surface area contributed by atoms with Gasteiger partial charge in [-0.3, -0.25) is 4.84 Å². The minimum atomic E-state index is 0.375. The highest BCUT2D eigenvalue weighted by atomic mass is 16.8. The molecule has 0 radical (unpaired) electrons. The zero-order chi connectivity index (χ0) is 5.44. The Labute approximate surface area is 44.0 Å². The lowest BCUT2D eigenvalue weighted by Crippen LogP contribution is -2.09. The SMILES string of the molecule is CC(C)N1OC1C. The minimum absolute atomic E-state index is 0.375. The van der Waals surface area contributed by atoms with Crippen LogP contribution in [0.4, 0.5) is 0 Å². The van der Waals surface area contributed by atoms with Crippen molar-refractivity contribution < 1.29 is 4.84 Å². The average Bonchev–Trinajstić information content (AvgIpc) is 2.17. The molecule has 0 spiro atoms. The van der Waals surface area contributed by atoms with Crippen molar-refractivity contribution in [3.05, 3.63) is 0 Å². The van der Waals surface area contributed by atoms with E-state index in [1.165, 1.54) is 0 Å². The van der Waals surface area contributed by atoms with Crippen LogP contribution >= 0.6 is 0 Å². The van der Waals surface area contributed by atoms with Gasteiger partial charge in [-0.25, -0.2) is 0 Å². The van der Waals surface area contributed by atoms with Crippen LogP contribution in [-0.2, 0) is 4.84 Å². The van der Waals surface area contributed by atoms with E-state index in [0.717, 1.165) is 0 Å². The predicted molar refractivity (Wildman–Crippen MR) is 27.5 cm³/mol. The summed E-state index contributed by atoms with van der Waals surface area (Å²) >= 11 is 0. The van der Waals surface area contributed by atoms with Crippen LogP contribution < -0.4 is 0 Å². The van der Waals surface area contributed by atoms with Crippen molar-refractivity contribution in [2.75, 3.05) is 0 Å². The standard InChI is InChI=1S/C5H11NO/c1-4(2)6-5(3)7-6/h4-5H,1-3H3.